The molecule has 0 bridgehead atoms. The molecule has 4 nitrogen and oxygen atoms in total. The third kappa shape index (κ3) is 5.69. The smallest absolute Gasteiger partial charge is 0.263 e. The third-order valence-electron chi connectivity index (χ3n) is 5.98. The van der Waals surface area contributed by atoms with Crippen LogP contribution in [-0.4, -0.2) is 35.8 Å². The van der Waals surface area contributed by atoms with Crippen molar-refractivity contribution in [3.05, 3.63) is 57.3 Å². The van der Waals surface area contributed by atoms with Gasteiger partial charge in [0.2, 0.25) is 5.91 Å². The Kier molecular flexibility index (Phi) is 6.34. The maximum absolute atomic E-state index is 12.6. The van der Waals surface area contributed by atoms with Crippen molar-refractivity contribution < 1.29 is 9.59 Å². The van der Waals surface area contributed by atoms with Gasteiger partial charge < -0.3 is 10.2 Å². The number of carbonyl (C=O) groups is 2. The zero-order valence-electron chi connectivity index (χ0n) is 17.2. The first-order chi connectivity index (χ1) is 14.1. The van der Waals surface area contributed by atoms with E-state index in [4.69, 9.17) is 0 Å². The number of nitrogens with zero attached hydrogens (tertiary/aromatic N) is 1. The van der Waals surface area contributed by atoms with E-state index in [-0.39, 0.29) is 11.8 Å². The van der Waals surface area contributed by atoms with Gasteiger partial charge in [-0.15, -0.1) is 11.3 Å². The van der Waals surface area contributed by atoms with E-state index in [1.54, 1.807) is 11.3 Å². The Morgan fingerprint density at radius 2 is 1.69 bits per heavy atom. The number of nitrogens with one attached hydrogen (secondary N) is 1. The Morgan fingerprint density at radius 3 is 2.31 bits per heavy atom. The third-order valence-corrected chi connectivity index (χ3v) is 6.97. The van der Waals surface area contributed by atoms with Crippen LogP contribution in [0.5, 0.6) is 0 Å². The van der Waals surface area contributed by atoms with E-state index in [2.05, 4.69) is 29.6 Å². The van der Waals surface area contributed by atoms with Gasteiger partial charge in [0.15, 0.2) is 0 Å². The molecule has 0 radical (unpaired) electrons. The highest BCUT2D eigenvalue weighted by Gasteiger charge is 2.25. The molecule has 5 heteroatoms. The van der Waals surface area contributed by atoms with Crippen molar-refractivity contribution >= 4 is 23.2 Å². The van der Waals surface area contributed by atoms with Gasteiger partial charge in [-0.05, 0) is 74.6 Å². The van der Waals surface area contributed by atoms with E-state index >= 15 is 0 Å². The molecule has 1 saturated heterocycles. The first-order valence-corrected chi connectivity index (χ1v) is 11.6. The van der Waals surface area contributed by atoms with Crippen molar-refractivity contribution in [2.45, 2.75) is 57.9 Å². The fourth-order valence-electron chi connectivity index (χ4n) is 4.01. The molecule has 1 aliphatic carbocycles. The van der Waals surface area contributed by atoms with Crippen LogP contribution in [-0.2, 0) is 17.6 Å². The van der Waals surface area contributed by atoms with Crippen LogP contribution in [0.4, 0.5) is 0 Å². The van der Waals surface area contributed by atoms with Crippen LogP contribution in [0.25, 0.3) is 0 Å². The number of aryl methyl sites for hydroxylation is 2. The van der Waals surface area contributed by atoms with Crippen molar-refractivity contribution in [1.82, 2.24) is 10.2 Å². The monoisotopic (exact) mass is 410 g/mol. The maximum atomic E-state index is 12.6. The quantitative estimate of drug-likeness (QED) is 0.737. The second-order valence-corrected chi connectivity index (χ2v) is 9.80. The first kappa shape index (κ1) is 20.1. The molecule has 2 heterocycles. The number of piperidine rings is 1. The number of benzene rings is 1. The lowest BCUT2D eigenvalue weighted by Crippen LogP contribution is -2.38. The van der Waals surface area contributed by atoms with Crippen LogP contribution in [0.15, 0.2) is 36.4 Å². The molecule has 2 fully saturated rings. The zero-order chi connectivity index (χ0) is 20.2. The Hall–Kier alpha value is -2.14. The van der Waals surface area contributed by atoms with Crippen LogP contribution in [0.3, 0.4) is 0 Å². The van der Waals surface area contributed by atoms with Crippen LogP contribution >= 0.6 is 11.3 Å². The Labute approximate surface area is 177 Å². The van der Waals surface area contributed by atoms with Gasteiger partial charge in [-0.3, -0.25) is 9.59 Å². The molecule has 2 aliphatic rings. The number of hydrogen-bond acceptors (Lipinski definition) is 3. The number of carbonyl (C=O) groups excluding carboxylic acids is 2. The minimum absolute atomic E-state index is 0.176. The van der Waals surface area contributed by atoms with Crippen LogP contribution in [0.1, 0.15) is 57.8 Å². The molecule has 29 heavy (non-hydrogen) atoms. The average Bonchev–Trinajstić information content (AvgIpc) is 3.44. The summed E-state index contributed by atoms with van der Waals surface area (Å²) in [5.41, 5.74) is 2.58. The van der Waals surface area contributed by atoms with E-state index in [1.165, 1.54) is 16.0 Å². The van der Waals surface area contributed by atoms with E-state index in [0.29, 0.717) is 18.4 Å². The van der Waals surface area contributed by atoms with Crippen molar-refractivity contribution in [2.75, 3.05) is 13.1 Å². The molecule has 1 aliphatic heterocycles. The predicted molar refractivity (Wildman–Crippen MR) is 117 cm³/mol. The molecule has 0 atom stereocenters. The lowest BCUT2D eigenvalue weighted by Gasteiger charge is -2.32. The summed E-state index contributed by atoms with van der Waals surface area (Å²) in [6, 6.07) is 13.2. The summed E-state index contributed by atoms with van der Waals surface area (Å²) < 4.78 is 0. The molecule has 4 rings (SSSR count). The van der Waals surface area contributed by atoms with Gasteiger partial charge in [-0.2, -0.15) is 0 Å². The standard InChI is InChI=1S/C24H30N2O2S/c1-17-2-10-22(29-17)24(28)26-14-12-20(13-15-26)16-19-5-3-18(4-6-19)7-11-23(27)25-21-8-9-21/h2-6,10,20-21H,7-9,11-16H2,1H3,(H,25,27). The summed E-state index contributed by atoms with van der Waals surface area (Å²) in [4.78, 5) is 28.5. The number of hydrogen-bond donors (Lipinski definition) is 1. The van der Waals surface area contributed by atoms with Gasteiger partial charge in [0.1, 0.15) is 0 Å². The summed E-state index contributed by atoms with van der Waals surface area (Å²) in [6.07, 6.45) is 6.87. The number of likely N-dealkylation sites (tertiary alicyclic amines) is 1. The second kappa shape index (κ2) is 9.12. The molecule has 2 aromatic rings. The van der Waals surface area contributed by atoms with Crippen molar-refractivity contribution in [2.24, 2.45) is 5.92 Å². The Bertz CT molecular complexity index is 846. The second-order valence-electron chi connectivity index (χ2n) is 8.51. The van der Waals surface area contributed by atoms with Crippen molar-refractivity contribution in [3.63, 3.8) is 0 Å². The van der Waals surface area contributed by atoms with Gasteiger partial charge in [0.25, 0.3) is 5.91 Å². The summed E-state index contributed by atoms with van der Waals surface area (Å²) in [6.45, 7) is 3.76. The zero-order valence-corrected chi connectivity index (χ0v) is 18.0. The van der Waals surface area contributed by atoms with Crippen molar-refractivity contribution in [3.8, 4) is 0 Å². The summed E-state index contributed by atoms with van der Waals surface area (Å²) in [7, 11) is 0. The van der Waals surface area contributed by atoms with Gasteiger partial charge in [-0.25, -0.2) is 0 Å². The lowest BCUT2D eigenvalue weighted by molar-refractivity contribution is -0.121. The number of rotatable bonds is 7. The fourth-order valence-corrected chi connectivity index (χ4v) is 4.84. The highest BCUT2D eigenvalue weighted by atomic mass is 32.1. The summed E-state index contributed by atoms with van der Waals surface area (Å²) in [5, 5.41) is 3.05. The Morgan fingerprint density at radius 1 is 1.00 bits per heavy atom. The molecular weight excluding hydrogens is 380 g/mol. The minimum Gasteiger partial charge on any atom is -0.353 e. The molecular formula is C24H30N2O2S. The fraction of sp³-hybridized carbons (Fsp3) is 0.500. The lowest BCUT2D eigenvalue weighted by atomic mass is 9.89. The highest BCUT2D eigenvalue weighted by molar-refractivity contribution is 7.13. The van der Waals surface area contributed by atoms with Gasteiger partial charge in [0, 0.05) is 30.4 Å². The Balaban J connectivity index is 1.21. The molecule has 154 valence electrons. The van der Waals surface area contributed by atoms with Gasteiger partial charge in [0.05, 0.1) is 4.88 Å². The van der Waals surface area contributed by atoms with E-state index in [9.17, 15) is 9.59 Å². The molecule has 0 unspecified atom stereocenters. The molecule has 2 amide bonds. The highest BCUT2D eigenvalue weighted by Crippen LogP contribution is 2.25. The molecule has 1 N–H and O–H groups in total. The maximum Gasteiger partial charge on any atom is 0.263 e. The summed E-state index contributed by atoms with van der Waals surface area (Å²) in [5.74, 6) is 1.01. The molecule has 1 aromatic heterocycles. The van der Waals surface area contributed by atoms with E-state index in [1.807, 2.05) is 24.0 Å². The predicted octanol–water partition coefficient (Wildman–Crippen LogP) is 4.36. The largest absolute Gasteiger partial charge is 0.353 e. The SMILES string of the molecule is Cc1ccc(C(=O)N2CCC(Cc3ccc(CCC(=O)NC4CC4)cc3)CC2)s1. The van der Waals surface area contributed by atoms with Gasteiger partial charge in [-0.1, -0.05) is 24.3 Å². The van der Waals surface area contributed by atoms with E-state index in [0.717, 1.165) is 56.5 Å². The molecule has 0 spiro atoms. The average molecular weight is 411 g/mol. The van der Waals surface area contributed by atoms with Crippen LogP contribution < -0.4 is 5.32 Å². The number of thiophene rings is 1. The summed E-state index contributed by atoms with van der Waals surface area (Å²) >= 11 is 1.59. The van der Waals surface area contributed by atoms with Crippen molar-refractivity contribution in [1.29, 1.82) is 0 Å². The number of amides is 2. The van der Waals surface area contributed by atoms with Crippen LogP contribution in [0.2, 0.25) is 0 Å². The molecule has 1 saturated carbocycles. The first-order valence-electron chi connectivity index (χ1n) is 10.8. The van der Waals surface area contributed by atoms with Gasteiger partial charge >= 0.3 is 0 Å². The minimum atomic E-state index is 0.176. The van der Waals surface area contributed by atoms with Crippen LogP contribution in [0, 0.1) is 12.8 Å². The topological polar surface area (TPSA) is 49.4 Å². The normalized spacial score (nSPS) is 17.3. The van der Waals surface area contributed by atoms with E-state index < -0.39 is 0 Å². The molecule has 1 aromatic carbocycles.